The lowest BCUT2D eigenvalue weighted by molar-refractivity contribution is 0.572. The average Bonchev–Trinajstić information content (AvgIpc) is 2.71. The van der Waals surface area contributed by atoms with E-state index >= 15 is 0 Å². The Bertz CT molecular complexity index is 781. The molecule has 0 aliphatic carbocycles. The van der Waals surface area contributed by atoms with E-state index in [4.69, 9.17) is 10.2 Å². The van der Waals surface area contributed by atoms with Crippen LogP contribution in [0.3, 0.4) is 0 Å². The zero-order valence-corrected chi connectivity index (χ0v) is 12.8. The molecule has 0 amide bonds. The number of rotatable bonds is 0. The number of fused-ring (bicyclic) bond motifs is 3. The fraction of sp³-hybridized carbons (Fsp3) is 0.250. The second-order valence-corrected chi connectivity index (χ2v) is 6.73. The number of nitrogens with two attached hydrogens (primary N) is 1. The Labute approximate surface area is 120 Å². The van der Waals surface area contributed by atoms with Crippen molar-refractivity contribution in [1.82, 2.24) is 0 Å². The largest absolute Gasteiger partial charge is 0.456 e. The Balaban J connectivity index is 2.58. The molecule has 0 spiro atoms. The van der Waals surface area contributed by atoms with Crippen LogP contribution in [0.15, 0.2) is 39.2 Å². The van der Waals surface area contributed by atoms with Crippen LogP contribution in [-0.4, -0.2) is 0 Å². The summed E-state index contributed by atoms with van der Waals surface area (Å²) >= 11 is 3.56. The van der Waals surface area contributed by atoms with E-state index in [2.05, 4.69) is 48.8 Å². The molecule has 0 aliphatic rings. The first-order chi connectivity index (χ1) is 8.89. The molecule has 0 saturated carbocycles. The highest BCUT2D eigenvalue weighted by Gasteiger charge is 2.23. The molecule has 0 saturated heterocycles. The summed E-state index contributed by atoms with van der Waals surface area (Å²) in [5.74, 6) is 0. The number of anilines is 1. The summed E-state index contributed by atoms with van der Waals surface area (Å²) in [4.78, 5) is 0. The Kier molecular flexibility index (Phi) is 2.65. The van der Waals surface area contributed by atoms with E-state index in [1.807, 2.05) is 18.2 Å². The highest BCUT2D eigenvalue weighted by molar-refractivity contribution is 9.10. The van der Waals surface area contributed by atoms with Crippen LogP contribution in [0.5, 0.6) is 0 Å². The van der Waals surface area contributed by atoms with Gasteiger partial charge in [-0.3, -0.25) is 0 Å². The molecule has 2 aromatic carbocycles. The maximum Gasteiger partial charge on any atom is 0.141 e. The quantitative estimate of drug-likeness (QED) is 0.577. The predicted octanol–water partition coefficient (Wildman–Crippen LogP) is 5.23. The monoisotopic (exact) mass is 317 g/mol. The van der Waals surface area contributed by atoms with Crippen molar-refractivity contribution in [2.75, 3.05) is 5.73 Å². The number of hydrogen-bond donors (Lipinski definition) is 1. The highest BCUT2D eigenvalue weighted by Crippen LogP contribution is 2.42. The molecular formula is C16H16BrNO. The lowest BCUT2D eigenvalue weighted by Crippen LogP contribution is -2.11. The summed E-state index contributed by atoms with van der Waals surface area (Å²) in [6.45, 7) is 6.53. The van der Waals surface area contributed by atoms with Crippen molar-refractivity contribution in [3.8, 4) is 0 Å². The van der Waals surface area contributed by atoms with Crippen molar-refractivity contribution in [2.24, 2.45) is 0 Å². The molecule has 0 fully saturated rings. The first-order valence-corrected chi connectivity index (χ1v) is 7.08. The second kappa shape index (κ2) is 4.01. The summed E-state index contributed by atoms with van der Waals surface area (Å²) in [6.07, 6.45) is 0. The minimum absolute atomic E-state index is 0.00233. The Morgan fingerprint density at radius 3 is 2.53 bits per heavy atom. The molecular weight excluding hydrogens is 302 g/mol. The van der Waals surface area contributed by atoms with Gasteiger partial charge >= 0.3 is 0 Å². The van der Waals surface area contributed by atoms with Crippen molar-refractivity contribution in [3.63, 3.8) is 0 Å². The van der Waals surface area contributed by atoms with Gasteiger partial charge in [0.1, 0.15) is 11.2 Å². The van der Waals surface area contributed by atoms with Gasteiger partial charge in [-0.2, -0.15) is 0 Å². The van der Waals surface area contributed by atoms with E-state index in [0.717, 1.165) is 32.1 Å². The van der Waals surface area contributed by atoms with Gasteiger partial charge in [0.15, 0.2) is 0 Å². The molecule has 0 bridgehead atoms. The number of hydrogen-bond acceptors (Lipinski definition) is 2. The molecule has 0 aliphatic heterocycles. The third kappa shape index (κ3) is 1.84. The standard InChI is InChI=1S/C16H16BrNO/c1-16(2,3)10-8-11(17)14(18)13-9-6-4-5-7-12(9)19-15(10)13/h4-8H,18H2,1-3H3. The minimum atomic E-state index is 0.00233. The molecule has 0 atom stereocenters. The van der Waals surface area contributed by atoms with Crippen LogP contribution < -0.4 is 5.73 Å². The topological polar surface area (TPSA) is 39.2 Å². The molecule has 98 valence electrons. The molecule has 19 heavy (non-hydrogen) atoms. The van der Waals surface area contributed by atoms with Crippen LogP contribution in [0.2, 0.25) is 0 Å². The van der Waals surface area contributed by atoms with E-state index in [9.17, 15) is 0 Å². The van der Waals surface area contributed by atoms with Crippen LogP contribution in [0.4, 0.5) is 5.69 Å². The van der Waals surface area contributed by atoms with Gasteiger partial charge < -0.3 is 10.2 Å². The zero-order valence-electron chi connectivity index (χ0n) is 11.3. The predicted molar refractivity (Wildman–Crippen MR) is 84.5 cm³/mol. The molecule has 1 heterocycles. The Hall–Kier alpha value is -1.48. The molecule has 2 nitrogen and oxygen atoms in total. The normalized spacial score (nSPS) is 12.4. The molecule has 3 heteroatoms. The highest BCUT2D eigenvalue weighted by atomic mass is 79.9. The maximum atomic E-state index is 6.23. The smallest absolute Gasteiger partial charge is 0.141 e. The number of halogens is 1. The van der Waals surface area contributed by atoms with E-state index in [-0.39, 0.29) is 5.41 Å². The van der Waals surface area contributed by atoms with Gasteiger partial charge in [-0.05, 0) is 33.5 Å². The van der Waals surface area contributed by atoms with Gasteiger partial charge in [0.25, 0.3) is 0 Å². The van der Waals surface area contributed by atoms with Crippen molar-refractivity contribution in [3.05, 3.63) is 40.4 Å². The van der Waals surface area contributed by atoms with Crippen molar-refractivity contribution < 1.29 is 4.42 Å². The lowest BCUT2D eigenvalue weighted by Gasteiger charge is -2.20. The Morgan fingerprint density at radius 1 is 1.16 bits per heavy atom. The van der Waals surface area contributed by atoms with Gasteiger partial charge in [-0.25, -0.2) is 0 Å². The number of furan rings is 1. The fourth-order valence-corrected chi connectivity index (χ4v) is 2.88. The SMILES string of the molecule is CC(C)(C)c1cc(Br)c(N)c2c1oc1ccccc12. The molecule has 3 rings (SSSR count). The van der Waals surface area contributed by atoms with E-state index in [1.165, 1.54) is 5.56 Å². The fourth-order valence-electron chi connectivity index (χ4n) is 2.45. The molecule has 0 unspecified atom stereocenters. The van der Waals surface area contributed by atoms with Crippen LogP contribution in [-0.2, 0) is 5.41 Å². The van der Waals surface area contributed by atoms with Crippen LogP contribution in [0, 0.1) is 0 Å². The third-order valence-electron chi connectivity index (χ3n) is 3.45. The summed E-state index contributed by atoms with van der Waals surface area (Å²) in [6, 6.07) is 10.1. The molecule has 1 aromatic heterocycles. The molecule has 0 radical (unpaired) electrons. The van der Waals surface area contributed by atoms with Gasteiger partial charge in [-0.15, -0.1) is 0 Å². The van der Waals surface area contributed by atoms with Gasteiger partial charge in [0.05, 0.1) is 11.1 Å². The van der Waals surface area contributed by atoms with Crippen molar-refractivity contribution in [1.29, 1.82) is 0 Å². The lowest BCUT2D eigenvalue weighted by atomic mass is 9.85. The number of para-hydroxylation sites is 1. The first kappa shape index (κ1) is 12.5. The maximum absolute atomic E-state index is 6.23. The summed E-state index contributed by atoms with van der Waals surface area (Å²) in [5.41, 5.74) is 9.93. The Morgan fingerprint density at radius 2 is 1.84 bits per heavy atom. The third-order valence-corrected chi connectivity index (χ3v) is 4.10. The van der Waals surface area contributed by atoms with Crippen LogP contribution in [0.25, 0.3) is 21.9 Å². The van der Waals surface area contributed by atoms with Crippen LogP contribution in [0.1, 0.15) is 26.3 Å². The van der Waals surface area contributed by atoms with E-state index < -0.39 is 0 Å². The second-order valence-electron chi connectivity index (χ2n) is 5.87. The molecule has 2 N–H and O–H groups in total. The van der Waals surface area contributed by atoms with Gasteiger partial charge in [-0.1, -0.05) is 39.0 Å². The summed E-state index contributed by atoms with van der Waals surface area (Å²) < 4.78 is 6.97. The van der Waals surface area contributed by atoms with Crippen molar-refractivity contribution >= 4 is 43.6 Å². The van der Waals surface area contributed by atoms with Crippen LogP contribution >= 0.6 is 15.9 Å². The number of nitrogen functional groups attached to an aromatic ring is 1. The van der Waals surface area contributed by atoms with E-state index in [1.54, 1.807) is 0 Å². The molecule has 3 aromatic rings. The zero-order chi connectivity index (χ0) is 13.8. The first-order valence-electron chi connectivity index (χ1n) is 6.29. The summed E-state index contributed by atoms with van der Waals surface area (Å²) in [7, 11) is 0. The van der Waals surface area contributed by atoms with E-state index in [0.29, 0.717) is 0 Å². The van der Waals surface area contributed by atoms with Gasteiger partial charge in [0.2, 0.25) is 0 Å². The number of benzene rings is 2. The average molecular weight is 318 g/mol. The minimum Gasteiger partial charge on any atom is -0.456 e. The van der Waals surface area contributed by atoms with Gasteiger partial charge in [0, 0.05) is 15.4 Å². The summed E-state index contributed by atoms with van der Waals surface area (Å²) in [5, 5.41) is 2.08. The van der Waals surface area contributed by atoms with Crippen molar-refractivity contribution in [2.45, 2.75) is 26.2 Å².